The third-order valence-electron chi connectivity index (χ3n) is 6.94. The summed E-state index contributed by atoms with van der Waals surface area (Å²) in [7, 11) is 0. The SMILES string of the molecule is CC=C(C)C(=O)CC1CC(C)C2(C)Cc3c(C)coc3C(O)C2C1. The van der Waals surface area contributed by atoms with Crippen LogP contribution in [0.2, 0.25) is 0 Å². The van der Waals surface area contributed by atoms with Crippen LogP contribution < -0.4 is 0 Å². The highest BCUT2D eigenvalue weighted by molar-refractivity contribution is 5.94. The van der Waals surface area contributed by atoms with E-state index in [0.29, 0.717) is 18.3 Å². The van der Waals surface area contributed by atoms with Gasteiger partial charge in [0.05, 0.1) is 6.26 Å². The number of fused-ring (bicyclic) bond motifs is 2. The second-order valence-electron chi connectivity index (χ2n) is 8.33. The highest BCUT2D eigenvalue weighted by atomic mass is 16.4. The largest absolute Gasteiger partial charge is 0.466 e. The summed E-state index contributed by atoms with van der Waals surface area (Å²) >= 11 is 0. The first kappa shape index (κ1) is 17.5. The average Bonchev–Trinajstić information content (AvgIpc) is 2.90. The van der Waals surface area contributed by atoms with Crippen molar-refractivity contribution in [3.8, 4) is 0 Å². The fraction of sp³-hybridized carbons (Fsp3) is 0.667. The van der Waals surface area contributed by atoms with Gasteiger partial charge in [-0.15, -0.1) is 0 Å². The van der Waals surface area contributed by atoms with Crippen LogP contribution in [0, 0.1) is 30.1 Å². The standard InChI is InChI=1S/C21H30O3/c1-6-12(2)18(22)9-15-7-14(4)21(5)10-16-13(3)11-24-20(16)19(23)17(21)8-15/h6,11,14-15,17,19,23H,7-10H2,1-5H3. The van der Waals surface area contributed by atoms with Gasteiger partial charge in [-0.05, 0) is 79.9 Å². The molecule has 1 aromatic heterocycles. The van der Waals surface area contributed by atoms with Crippen molar-refractivity contribution in [1.82, 2.24) is 0 Å². The third kappa shape index (κ3) is 2.67. The second kappa shape index (κ2) is 6.18. The van der Waals surface area contributed by atoms with Crippen molar-refractivity contribution in [3.63, 3.8) is 0 Å². The Morgan fingerprint density at radius 3 is 2.83 bits per heavy atom. The molecule has 1 N–H and O–H groups in total. The number of Topliss-reactive ketones (excluding diaryl/α,β-unsaturated/α-hetero) is 1. The number of rotatable bonds is 3. The monoisotopic (exact) mass is 330 g/mol. The Labute approximate surface area is 145 Å². The molecular formula is C21H30O3. The van der Waals surface area contributed by atoms with E-state index in [1.165, 1.54) is 5.56 Å². The van der Waals surface area contributed by atoms with E-state index in [2.05, 4.69) is 20.8 Å². The minimum Gasteiger partial charge on any atom is -0.466 e. The highest BCUT2D eigenvalue weighted by Crippen LogP contribution is 2.58. The van der Waals surface area contributed by atoms with E-state index < -0.39 is 6.10 Å². The van der Waals surface area contributed by atoms with E-state index in [1.807, 2.05) is 19.9 Å². The molecule has 1 fully saturated rings. The van der Waals surface area contributed by atoms with Crippen LogP contribution in [-0.2, 0) is 11.2 Å². The molecule has 2 aliphatic carbocycles. The molecule has 0 amide bonds. The lowest BCUT2D eigenvalue weighted by molar-refractivity contribution is -0.119. The maximum atomic E-state index is 12.3. The van der Waals surface area contributed by atoms with Crippen LogP contribution in [0.15, 0.2) is 22.3 Å². The van der Waals surface area contributed by atoms with Crippen molar-refractivity contribution in [3.05, 3.63) is 34.8 Å². The van der Waals surface area contributed by atoms with Gasteiger partial charge in [-0.1, -0.05) is 19.9 Å². The number of aliphatic hydroxyl groups is 1. The number of carbonyl (C=O) groups is 1. The van der Waals surface area contributed by atoms with Gasteiger partial charge in [0, 0.05) is 6.42 Å². The topological polar surface area (TPSA) is 50.4 Å². The summed E-state index contributed by atoms with van der Waals surface area (Å²) in [5.41, 5.74) is 3.28. The third-order valence-corrected chi connectivity index (χ3v) is 6.94. The lowest BCUT2D eigenvalue weighted by atomic mass is 9.52. The fourth-order valence-electron chi connectivity index (χ4n) is 4.93. The van der Waals surface area contributed by atoms with E-state index in [1.54, 1.807) is 6.26 Å². The Bertz CT molecular complexity index is 669. The molecule has 0 saturated heterocycles. The van der Waals surface area contributed by atoms with Gasteiger partial charge in [0.15, 0.2) is 5.78 Å². The first-order valence-corrected chi connectivity index (χ1v) is 9.19. The van der Waals surface area contributed by atoms with Crippen LogP contribution in [0.3, 0.4) is 0 Å². The van der Waals surface area contributed by atoms with Crippen molar-refractivity contribution in [2.75, 3.05) is 0 Å². The summed E-state index contributed by atoms with van der Waals surface area (Å²) < 4.78 is 5.67. The van der Waals surface area contributed by atoms with Gasteiger partial charge >= 0.3 is 0 Å². The molecular weight excluding hydrogens is 300 g/mol. The first-order chi connectivity index (χ1) is 11.3. The summed E-state index contributed by atoms with van der Waals surface area (Å²) in [6.45, 7) is 10.5. The molecule has 1 heterocycles. The summed E-state index contributed by atoms with van der Waals surface area (Å²) in [6, 6.07) is 0. The summed E-state index contributed by atoms with van der Waals surface area (Å²) in [5, 5.41) is 11.0. The molecule has 1 aromatic rings. The molecule has 5 unspecified atom stereocenters. The number of allylic oxidation sites excluding steroid dienone is 2. The number of hydrogen-bond donors (Lipinski definition) is 1. The lowest BCUT2D eigenvalue weighted by Crippen LogP contribution is -2.47. The van der Waals surface area contributed by atoms with Crippen molar-refractivity contribution in [2.24, 2.45) is 23.2 Å². The van der Waals surface area contributed by atoms with Crippen LogP contribution in [0.5, 0.6) is 0 Å². The van der Waals surface area contributed by atoms with E-state index in [0.717, 1.165) is 36.2 Å². The minimum absolute atomic E-state index is 0.0796. The Morgan fingerprint density at radius 2 is 2.17 bits per heavy atom. The Kier molecular flexibility index (Phi) is 4.50. The van der Waals surface area contributed by atoms with Crippen LogP contribution in [0.4, 0.5) is 0 Å². The number of furan rings is 1. The van der Waals surface area contributed by atoms with Crippen molar-refractivity contribution < 1.29 is 14.3 Å². The van der Waals surface area contributed by atoms with Crippen molar-refractivity contribution in [1.29, 1.82) is 0 Å². The number of carbonyl (C=O) groups excluding carboxylic acids is 1. The molecule has 2 aliphatic rings. The zero-order valence-electron chi connectivity index (χ0n) is 15.6. The average molecular weight is 330 g/mol. The Morgan fingerprint density at radius 1 is 1.46 bits per heavy atom. The molecule has 3 heteroatoms. The van der Waals surface area contributed by atoms with Crippen molar-refractivity contribution >= 4 is 5.78 Å². The maximum Gasteiger partial charge on any atom is 0.158 e. The predicted molar refractivity (Wildman–Crippen MR) is 94.6 cm³/mol. The van der Waals surface area contributed by atoms with Gasteiger partial charge in [-0.25, -0.2) is 0 Å². The van der Waals surface area contributed by atoms with Gasteiger partial charge in [0.1, 0.15) is 11.9 Å². The Balaban J connectivity index is 1.85. The molecule has 0 aliphatic heterocycles. The van der Waals surface area contributed by atoms with E-state index in [9.17, 15) is 9.90 Å². The predicted octanol–water partition coefficient (Wildman–Crippen LogP) is 4.77. The van der Waals surface area contributed by atoms with Gasteiger partial charge in [-0.2, -0.15) is 0 Å². The van der Waals surface area contributed by atoms with Crippen LogP contribution in [-0.4, -0.2) is 10.9 Å². The zero-order chi connectivity index (χ0) is 17.6. The number of aryl methyl sites for hydroxylation is 1. The highest BCUT2D eigenvalue weighted by Gasteiger charge is 2.52. The zero-order valence-corrected chi connectivity index (χ0v) is 15.6. The lowest BCUT2D eigenvalue weighted by Gasteiger charge is -2.53. The summed E-state index contributed by atoms with van der Waals surface area (Å²) in [6.07, 6.45) is 6.67. The van der Waals surface area contributed by atoms with Crippen LogP contribution in [0.25, 0.3) is 0 Å². The van der Waals surface area contributed by atoms with Gasteiger partial charge < -0.3 is 9.52 Å². The molecule has 0 aromatic carbocycles. The molecule has 5 atom stereocenters. The van der Waals surface area contributed by atoms with Gasteiger partial charge in [0.25, 0.3) is 0 Å². The normalized spacial score (nSPS) is 36.2. The van der Waals surface area contributed by atoms with Crippen LogP contribution in [0.1, 0.15) is 69.9 Å². The summed E-state index contributed by atoms with van der Waals surface area (Å²) in [5.74, 6) is 2.02. The van der Waals surface area contributed by atoms with Crippen LogP contribution >= 0.6 is 0 Å². The molecule has 0 spiro atoms. The molecule has 3 nitrogen and oxygen atoms in total. The number of ketones is 1. The molecule has 132 valence electrons. The second-order valence-corrected chi connectivity index (χ2v) is 8.33. The van der Waals surface area contributed by atoms with E-state index in [-0.39, 0.29) is 17.1 Å². The van der Waals surface area contributed by atoms with Gasteiger partial charge in [-0.3, -0.25) is 4.79 Å². The Hall–Kier alpha value is -1.35. The fourth-order valence-corrected chi connectivity index (χ4v) is 4.93. The van der Waals surface area contributed by atoms with E-state index in [4.69, 9.17) is 4.42 Å². The first-order valence-electron chi connectivity index (χ1n) is 9.19. The smallest absolute Gasteiger partial charge is 0.158 e. The number of aliphatic hydroxyl groups excluding tert-OH is 1. The quantitative estimate of drug-likeness (QED) is 0.812. The number of hydrogen-bond acceptors (Lipinski definition) is 3. The van der Waals surface area contributed by atoms with E-state index >= 15 is 0 Å². The molecule has 0 radical (unpaired) electrons. The van der Waals surface area contributed by atoms with Gasteiger partial charge in [0.2, 0.25) is 0 Å². The molecule has 0 bridgehead atoms. The minimum atomic E-state index is -0.546. The molecule has 1 saturated carbocycles. The molecule has 3 rings (SSSR count). The van der Waals surface area contributed by atoms with Crippen molar-refractivity contribution in [2.45, 2.75) is 66.4 Å². The molecule has 24 heavy (non-hydrogen) atoms. The maximum absolute atomic E-state index is 12.3. The summed E-state index contributed by atoms with van der Waals surface area (Å²) in [4.78, 5) is 12.3.